The minimum atomic E-state index is -2.21. The molecule has 2 aromatic carbocycles. The van der Waals surface area contributed by atoms with Crippen LogP contribution in [-0.4, -0.2) is 38.3 Å². The fourth-order valence-corrected chi connectivity index (χ4v) is 18.6. The minimum absolute atomic E-state index is 0.292. The molecular weight excluding hydrogens is 489 g/mol. The quantitative estimate of drug-likeness (QED) is 0.145. The van der Waals surface area contributed by atoms with E-state index in [1.165, 1.54) is 18.1 Å². The second kappa shape index (κ2) is 13.0. The van der Waals surface area contributed by atoms with Gasteiger partial charge in [0.05, 0.1) is 7.11 Å². The number of ether oxygens (including phenoxy) is 2. The van der Waals surface area contributed by atoms with E-state index in [0.29, 0.717) is 5.75 Å². The summed E-state index contributed by atoms with van der Waals surface area (Å²) in [5.74, 6) is 1.21. The van der Waals surface area contributed by atoms with Crippen LogP contribution in [0.5, 0.6) is 11.5 Å². The topological polar surface area (TPSA) is 54.0 Å². The summed E-state index contributed by atoms with van der Waals surface area (Å²) in [5, 5.41) is 0. The molecule has 0 heterocycles. The molecule has 0 bridgehead atoms. The Balaban J connectivity index is 1.78. The highest BCUT2D eigenvalue weighted by Crippen LogP contribution is 2.27. The zero-order chi connectivity index (χ0) is 26.1. The molecule has 0 saturated heterocycles. The maximum atomic E-state index is 11.1. The average molecular weight is 533 g/mol. The molecule has 35 heavy (non-hydrogen) atoms. The summed E-state index contributed by atoms with van der Waals surface area (Å²) in [6.45, 7) is 15.1. The lowest BCUT2D eigenvalue weighted by atomic mass is 10.1. The highest BCUT2D eigenvalue weighted by molar-refractivity contribution is 6.87. The van der Waals surface area contributed by atoms with Crippen molar-refractivity contribution in [2.75, 3.05) is 7.11 Å². The van der Waals surface area contributed by atoms with E-state index >= 15 is 0 Å². The second-order valence-electron chi connectivity index (χ2n) is 10.9. The molecule has 0 aliphatic carbocycles. The number of carbonyl (C=O) groups excluding carboxylic acids is 1. The first kappa shape index (κ1) is 29.5. The lowest BCUT2D eigenvalue weighted by Crippen LogP contribution is -2.52. The Hall–Kier alpha value is -1.72. The van der Waals surface area contributed by atoms with Crippen molar-refractivity contribution in [1.82, 2.24) is 0 Å². The number of carbonyl (C=O) groups is 1. The van der Waals surface area contributed by atoms with Gasteiger partial charge in [0.2, 0.25) is 0 Å². The van der Waals surface area contributed by atoms with Gasteiger partial charge >= 0.3 is 14.5 Å². The van der Waals surface area contributed by atoms with Crippen LogP contribution in [0, 0.1) is 0 Å². The van der Waals surface area contributed by atoms with Gasteiger partial charge in [-0.25, -0.2) is 0 Å². The fraction of sp³-hybridized carbons (Fsp3) is 0.519. The Morgan fingerprint density at radius 2 is 1.09 bits per heavy atom. The van der Waals surface area contributed by atoms with Crippen LogP contribution in [0.2, 0.25) is 51.4 Å². The Labute approximate surface area is 215 Å². The molecule has 0 radical (unpaired) electrons. The third kappa shape index (κ3) is 11.7. The summed E-state index contributed by atoms with van der Waals surface area (Å²) < 4.78 is 23.9. The SMILES string of the molecule is COc1ccc(CCC[Si](C)(C)O[Si](C)(C)O[Si](C)(C)CCCc2ccc(OC(C)=O)cc2)cc1. The van der Waals surface area contributed by atoms with Crippen LogP contribution in [0.25, 0.3) is 0 Å². The van der Waals surface area contributed by atoms with E-state index in [9.17, 15) is 4.79 Å². The number of benzene rings is 2. The van der Waals surface area contributed by atoms with E-state index in [2.05, 4.69) is 51.4 Å². The van der Waals surface area contributed by atoms with Crippen molar-refractivity contribution in [3.63, 3.8) is 0 Å². The number of hydrogen-bond acceptors (Lipinski definition) is 5. The van der Waals surface area contributed by atoms with Gasteiger partial charge in [0.1, 0.15) is 11.5 Å². The predicted molar refractivity (Wildman–Crippen MR) is 152 cm³/mol. The highest BCUT2D eigenvalue weighted by atomic mass is 28.5. The maximum absolute atomic E-state index is 11.1. The summed E-state index contributed by atoms with van der Waals surface area (Å²) in [5.41, 5.74) is 2.60. The lowest BCUT2D eigenvalue weighted by molar-refractivity contribution is -0.131. The first-order chi connectivity index (χ1) is 16.3. The minimum Gasteiger partial charge on any atom is -0.497 e. The highest BCUT2D eigenvalue weighted by Gasteiger charge is 2.39. The first-order valence-electron chi connectivity index (χ1n) is 12.6. The van der Waals surface area contributed by atoms with E-state index in [-0.39, 0.29) is 5.97 Å². The molecule has 0 saturated carbocycles. The maximum Gasteiger partial charge on any atom is 0.311 e. The van der Waals surface area contributed by atoms with E-state index in [4.69, 9.17) is 17.7 Å². The summed E-state index contributed by atoms with van der Waals surface area (Å²) in [4.78, 5) is 11.1. The fourth-order valence-electron chi connectivity index (χ4n) is 4.57. The normalized spacial score (nSPS) is 12.5. The van der Waals surface area contributed by atoms with E-state index in [0.717, 1.165) is 43.5 Å². The summed E-state index contributed by atoms with van der Waals surface area (Å²) in [6, 6.07) is 18.4. The van der Waals surface area contributed by atoms with Gasteiger partial charge in [0.15, 0.2) is 16.6 Å². The molecule has 0 amide bonds. The largest absolute Gasteiger partial charge is 0.497 e. The van der Waals surface area contributed by atoms with E-state index in [1.54, 1.807) is 7.11 Å². The summed E-state index contributed by atoms with van der Waals surface area (Å²) in [7, 11) is -4.16. The van der Waals surface area contributed by atoms with E-state index in [1.807, 2.05) is 36.4 Å². The molecule has 0 N–H and O–H groups in total. The van der Waals surface area contributed by atoms with Crippen LogP contribution >= 0.6 is 0 Å². The number of aryl methyl sites for hydroxylation is 2. The lowest BCUT2D eigenvalue weighted by Gasteiger charge is -2.39. The molecule has 8 heteroatoms. The van der Waals surface area contributed by atoms with Gasteiger partial charge in [-0.2, -0.15) is 0 Å². The third-order valence-corrected chi connectivity index (χ3v) is 17.3. The molecule has 0 aliphatic rings. The molecule has 194 valence electrons. The van der Waals surface area contributed by atoms with Crippen LogP contribution in [0.1, 0.15) is 30.9 Å². The van der Waals surface area contributed by atoms with Crippen molar-refractivity contribution >= 4 is 31.2 Å². The van der Waals surface area contributed by atoms with Crippen LogP contribution in [0.4, 0.5) is 0 Å². The molecule has 0 unspecified atom stereocenters. The van der Waals surface area contributed by atoms with Crippen molar-refractivity contribution in [2.45, 2.75) is 84.0 Å². The van der Waals surface area contributed by atoms with E-state index < -0.39 is 25.2 Å². The van der Waals surface area contributed by atoms with Gasteiger partial charge in [0, 0.05) is 6.92 Å². The molecule has 5 nitrogen and oxygen atoms in total. The number of hydrogen-bond donors (Lipinski definition) is 0. The molecule has 0 fully saturated rings. The van der Waals surface area contributed by atoms with Gasteiger partial charge in [-0.15, -0.1) is 0 Å². The molecule has 0 aliphatic heterocycles. The molecular formula is C27H44O5Si3. The Kier molecular flexibility index (Phi) is 11.0. The smallest absolute Gasteiger partial charge is 0.311 e. The Morgan fingerprint density at radius 1 is 0.686 bits per heavy atom. The molecule has 0 aromatic heterocycles. The van der Waals surface area contributed by atoms with Crippen LogP contribution in [0.15, 0.2) is 48.5 Å². The monoisotopic (exact) mass is 532 g/mol. The summed E-state index contributed by atoms with van der Waals surface area (Å²) in [6.07, 6.45) is 4.27. The van der Waals surface area contributed by atoms with Crippen molar-refractivity contribution in [2.24, 2.45) is 0 Å². The number of esters is 1. The van der Waals surface area contributed by atoms with Gasteiger partial charge in [-0.3, -0.25) is 4.79 Å². The second-order valence-corrected chi connectivity index (χ2v) is 23.4. The summed E-state index contributed by atoms with van der Waals surface area (Å²) >= 11 is 0. The Bertz CT molecular complexity index is 925. The average Bonchev–Trinajstić information content (AvgIpc) is 2.73. The van der Waals surface area contributed by atoms with Gasteiger partial charge < -0.3 is 17.7 Å². The zero-order valence-corrected chi connectivity index (χ0v) is 25.9. The zero-order valence-electron chi connectivity index (χ0n) is 22.9. The van der Waals surface area contributed by atoms with Crippen molar-refractivity contribution in [3.05, 3.63) is 59.7 Å². The molecule has 0 spiro atoms. The van der Waals surface area contributed by atoms with Gasteiger partial charge in [-0.05, 0) is 112 Å². The van der Waals surface area contributed by atoms with Crippen molar-refractivity contribution in [3.8, 4) is 11.5 Å². The van der Waals surface area contributed by atoms with Crippen molar-refractivity contribution in [1.29, 1.82) is 0 Å². The molecule has 2 rings (SSSR count). The standard InChI is InChI=1S/C27H44O5Si3/c1-23(28)30-27-19-15-25(16-20-27)12-10-22-34(5,6)32-35(7,8)31-33(3,4)21-9-11-24-13-17-26(29-2)18-14-24/h13-20H,9-12,21-22H2,1-8H3. The predicted octanol–water partition coefficient (Wildman–Crippen LogP) is 7.33. The van der Waals surface area contributed by atoms with Crippen LogP contribution in [0.3, 0.4) is 0 Å². The number of rotatable bonds is 14. The van der Waals surface area contributed by atoms with Crippen LogP contribution < -0.4 is 9.47 Å². The molecule has 0 atom stereocenters. The van der Waals surface area contributed by atoms with Crippen LogP contribution in [-0.2, 0) is 25.9 Å². The molecule has 2 aromatic rings. The number of methoxy groups -OCH3 is 1. The van der Waals surface area contributed by atoms with Gasteiger partial charge in [0.25, 0.3) is 0 Å². The first-order valence-corrected chi connectivity index (χ1v) is 21.6. The van der Waals surface area contributed by atoms with Gasteiger partial charge in [-0.1, -0.05) is 24.3 Å². The van der Waals surface area contributed by atoms with Crippen molar-refractivity contribution < 1.29 is 22.5 Å². The third-order valence-electron chi connectivity index (χ3n) is 5.88. The Morgan fingerprint density at radius 3 is 1.46 bits per heavy atom.